The van der Waals surface area contributed by atoms with Gasteiger partial charge in [0, 0.05) is 24.3 Å². The lowest BCUT2D eigenvalue weighted by Crippen LogP contribution is -2.34. The van der Waals surface area contributed by atoms with Crippen LogP contribution in [-0.4, -0.2) is 49.8 Å². The quantitative estimate of drug-likeness (QED) is 0.409. The molecule has 5 rings (SSSR count). The van der Waals surface area contributed by atoms with Crippen LogP contribution in [-0.2, 0) is 0 Å². The molecule has 1 aliphatic heterocycles. The second kappa shape index (κ2) is 9.52. The van der Waals surface area contributed by atoms with Crippen LogP contribution in [0.1, 0.15) is 23.2 Å². The number of nitrogens with zero attached hydrogens (tertiary/aromatic N) is 5. The number of carbonyl (C=O) groups is 1. The third-order valence-corrected chi connectivity index (χ3v) is 6.54. The first-order chi connectivity index (χ1) is 16.9. The van der Waals surface area contributed by atoms with E-state index in [9.17, 15) is 14.7 Å². The Morgan fingerprint density at radius 3 is 2.74 bits per heavy atom. The normalized spacial score (nSPS) is 15.5. The molecule has 3 aromatic heterocycles. The Bertz CT molecular complexity index is 1480. The standard InChI is InChI=1S/C24H19Cl2N5O4/c25-18-4-1-5-29-23(18)35-12-14-3-2-6-30(14)21-8-20-16(7-19(21)26)22(32)17(24(33)34)11-31(20)15-9-27-13-28-10-15/h1,4-5,7-11,13-14H,2-3,6,12H2,(H,33,34)/t14-/m1/s1. The van der Waals surface area contributed by atoms with Crippen LogP contribution in [0.4, 0.5) is 5.69 Å². The summed E-state index contributed by atoms with van der Waals surface area (Å²) in [4.78, 5) is 39.1. The van der Waals surface area contributed by atoms with Crippen LogP contribution in [0.3, 0.4) is 0 Å². The lowest BCUT2D eigenvalue weighted by Gasteiger charge is -2.28. The van der Waals surface area contributed by atoms with E-state index in [1.807, 2.05) is 0 Å². The number of aromatic nitrogens is 4. The summed E-state index contributed by atoms with van der Waals surface area (Å²) >= 11 is 12.8. The number of anilines is 1. The van der Waals surface area contributed by atoms with Crippen LogP contribution in [0.15, 0.2) is 60.2 Å². The highest BCUT2D eigenvalue weighted by Gasteiger charge is 2.28. The zero-order chi connectivity index (χ0) is 24.5. The molecule has 0 radical (unpaired) electrons. The van der Waals surface area contributed by atoms with Crippen LogP contribution < -0.4 is 15.1 Å². The van der Waals surface area contributed by atoms with Gasteiger partial charge in [0.1, 0.15) is 23.5 Å². The first kappa shape index (κ1) is 23.1. The molecule has 0 saturated carbocycles. The van der Waals surface area contributed by atoms with Gasteiger partial charge in [0.05, 0.1) is 40.3 Å². The van der Waals surface area contributed by atoms with E-state index in [1.165, 1.54) is 18.6 Å². The van der Waals surface area contributed by atoms with Gasteiger partial charge in [-0.05, 0) is 37.1 Å². The Kier molecular flexibility index (Phi) is 6.27. The number of ether oxygens (including phenoxy) is 1. The zero-order valence-corrected chi connectivity index (χ0v) is 19.8. The van der Waals surface area contributed by atoms with Crippen LogP contribution in [0, 0.1) is 0 Å². The van der Waals surface area contributed by atoms with Crippen molar-refractivity contribution in [2.45, 2.75) is 18.9 Å². The van der Waals surface area contributed by atoms with Crippen molar-refractivity contribution in [2.24, 2.45) is 0 Å². The van der Waals surface area contributed by atoms with Crippen molar-refractivity contribution in [3.05, 3.63) is 81.2 Å². The molecule has 0 unspecified atom stereocenters. The molecule has 0 bridgehead atoms. The number of carboxylic acid groups (broad SMARTS) is 1. The van der Waals surface area contributed by atoms with Gasteiger partial charge in [-0.25, -0.2) is 19.7 Å². The number of fused-ring (bicyclic) bond motifs is 1. The highest BCUT2D eigenvalue weighted by Crippen LogP contribution is 2.36. The molecule has 4 aromatic rings. The average Bonchev–Trinajstić information content (AvgIpc) is 3.32. The Labute approximate surface area is 209 Å². The molecule has 35 heavy (non-hydrogen) atoms. The minimum atomic E-state index is -1.33. The minimum absolute atomic E-state index is 0.00143. The molecule has 1 fully saturated rings. The molecule has 9 nitrogen and oxygen atoms in total. The van der Waals surface area contributed by atoms with E-state index < -0.39 is 11.4 Å². The number of hydrogen-bond acceptors (Lipinski definition) is 7. The van der Waals surface area contributed by atoms with Crippen molar-refractivity contribution >= 4 is 45.8 Å². The maximum Gasteiger partial charge on any atom is 0.341 e. The summed E-state index contributed by atoms with van der Waals surface area (Å²) in [5.74, 6) is -0.961. The smallest absolute Gasteiger partial charge is 0.341 e. The summed E-state index contributed by atoms with van der Waals surface area (Å²) in [5.41, 5.74) is 0.739. The van der Waals surface area contributed by atoms with Gasteiger partial charge in [-0.1, -0.05) is 23.2 Å². The van der Waals surface area contributed by atoms with Crippen molar-refractivity contribution in [2.75, 3.05) is 18.1 Å². The monoisotopic (exact) mass is 511 g/mol. The molecule has 11 heteroatoms. The van der Waals surface area contributed by atoms with Gasteiger partial charge in [0.2, 0.25) is 11.3 Å². The lowest BCUT2D eigenvalue weighted by atomic mass is 10.1. The molecule has 0 aliphatic carbocycles. The summed E-state index contributed by atoms with van der Waals surface area (Å²) in [6.07, 6.45) is 9.16. The van der Waals surface area contributed by atoms with Crippen molar-refractivity contribution in [3.63, 3.8) is 0 Å². The first-order valence-corrected chi connectivity index (χ1v) is 11.6. The van der Waals surface area contributed by atoms with Crippen LogP contribution in [0.25, 0.3) is 16.6 Å². The van der Waals surface area contributed by atoms with E-state index in [4.69, 9.17) is 27.9 Å². The fraction of sp³-hybridized carbons (Fsp3) is 0.208. The number of benzene rings is 1. The molecule has 1 N–H and O–H groups in total. The van der Waals surface area contributed by atoms with Gasteiger partial charge in [0.25, 0.3) is 0 Å². The summed E-state index contributed by atoms with van der Waals surface area (Å²) in [5, 5.41) is 10.6. The predicted molar refractivity (Wildman–Crippen MR) is 132 cm³/mol. The summed E-state index contributed by atoms with van der Waals surface area (Å²) in [6, 6.07) is 6.77. The number of rotatable bonds is 6. The number of pyridine rings is 2. The van der Waals surface area contributed by atoms with E-state index >= 15 is 0 Å². The second-order valence-corrected chi connectivity index (χ2v) is 8.87. The lowest BCUT2D eigenvalue weighted by molar-refractivity contribution is 0.0695. The van der Waals surface area contributed by atoms with Gasteiger partial charge >= 0.3 is 5.97 Å². The summed E-state index contributed by atoms with van der Waals surface area (Å²) in [6.45, 7) is 1.09. The molecule has 4 heterocycles. The van der Waals surface area contributed by atoms with E-state index in [2.05, 4.69) is 19.9 Å². The highest BCUT2D eigenvalue weighted by atomic mass is 35.5. The number of hydrogen-bond donors (Lipinski definition) is 1. The van der Waals surface area contributed by atoms with E-state index in [0.29, 0.717) is 39.4 Å². The maximum atomic E-state index is 13.0. The van der Waals surface area contributed by atoms with Gasteiger partial charge in [-0.15, -0.1) is 0 Å². The third kappa shape index (κ3) is 4.40. The van der Waals surface area contributed by atoms with Crippen molar-refractivity contribution < 1.29 is 14.6 Å². The fourth-order valence-electron chi connectivity index (χ4n) is 4.31. The minimum Gasteiger partial charge on any atom is -0.477 e. The third-order valence-electron chi connectivity index (χ3n) is 5.95. The van der Waals surface area contributed by atoms with Gasteiger partial charge in [-0.3, -0.25) is 4.79 Å². The molecule has 1 saturated heterocycles. The van der Waals surface area contributed by atoms with E-state index in [1.54, 1.807) is 41.4 Å². The van der Waals surface area contributed by atoms with Crippen molar-refractivity contribution in [1.29, 1.82) is 0 Å². The molecule has 178 valence electrons. The van der Waals surface area contributed by atoms with Crippen LogP contribution >= 0.6 is 23.2 Å². The summed E-state index contributed by atoms with van der Waals surface area (Å²) in [7, 11) is 0. The zero-order valence-electron chi connectivity index (χ0n) is 18.3. The van der Waals surface area contributed by atoms with E-state index in [-0.39, 0.29) is 17.0 Å². The molecular weight excluding hydrogens is 493 g/mol. The average molecular weight is 512 g/mol. The van der Waals surface area contributed by atoms with Crippen molar-refractivity contribution in [3.8, 4) is 11.6 Å². The second-order valence-electron chi connectivity index (χ2n) is 8.06. The topological polar surface area (TPSA) is 110 Å². The Hall–Kier alpha value is -3.69. The Morgan fingerprint density at radius 2 is 2.00 bits per heavy atom. The fourth-order valence-corrected chi connectivity index (χ4v) is 4.76. The number of aromatic carboxylic acids is 1. The van der Waals surface area contributed by atoms with Crippen LogP contribution in [0.5, 0.6) is 5.88 Å². The molecule has 1 aliphatic rings. The van der Waals surface area contributed by atoms with Gasteiger partial charge < -0.3 is 19.3 Å². The molecule has 0 spiro atoms. The van der Waals surface area contributed by atoms with Gasteiger partial charge in [0.15, 0.2) is 0 Å². The SMILES string of the molecule is O=C(O)c1cn(-c2cncnc2)c2cc(N3CCC[C@@H]3COc3ncccc3Cl)c(Cl)cc2c1=O. The Balaban J connectivity index is 1.58. The first-order valence-electron chi connectivity index (χ1n) is 10.8. The van der Waals surface area contributed by atoms with Crippen molar-refractivity contribution in [1.82, 2.24) is 19.5 Å². The molecule has 0 amide bonds. The highest BCUT2D eigenvalue weighted by molar-refractivity contribution is 6.34. The molecule has 1 atom stereocenters. The van der Waals surface area contributed by atoms with Gasteiger partial charge in [-0.2, -0.15) is 0 Å². The predicted octanol–water partition coefficient (Wildman–Crippen LogP) is 4.23. The Morgan fingerprint density at radius 1 is 1.20 bits per heavy atom. The molecule has 1 aromatic carbocycles. The molecular formula is C24H19Cl2N5O4. The van der Waals surface area contributed by atoms with Crippen LogP contribution in [0.2, 0.25) is 10.0 Å². The number of halogens is 2. The largest absolute Gasteiger partial charge is 0.477 e. The number of carboxylic acids is 1. The summed E-state index contributed by atoms with van der Waals surface area (Å²) < 4.78 is 7.48. The van der Waals surface area contributed by atoms with E-state index in [0.717, 1.165) is 19.4 Å². The maximum absolute atomic E-state index is 13.0.